The van der Waals surface area contributed by atoms with E-state index >= 15 is 0 Å². The first-order valence-electron chi connectivity index (χ1n) is 5.20. The molecule has 0 saturated carbocycles. The van der Waals surface area contributed by atoms with E-state index in [2.05, 4.69) is 6.92 Å². The SMILES string of the molecule is CCC[C@H](N)CC1(C)OCCCO1. The fourth-order valence-electron chi connectivity index (χ4n) is 1.74. The van der Waals surface area contributed by atoms with Gasteiger partial charge in [0.05, 0.1) is 13.2 Å². The summed E-state index contributed by atoms with van der Waals surface area (Å²) in [5, 5.41) is 0. The average molecular weight is 187 g/mol. The molecule has 1 fully saturated rings. The summed E-state index contributed by atoms with van der Waals surface area (Å²) >= 11 is 0. The summed E-state index contributed by atoms with van der Waals surface area (Å²) in [4.78, 5) is 0. The minimum absolute atomic E-state index is 0.202. The van der Waals surface area contributed by atoms with Crippen molar-refractivity contribution in [3.8, 4) is 0 Å². The summed E-state index contributed by atoms with van der Waals surface area (Å²) in [6, 6.07) is 0.202. The van der Waals surface area contributed by atoms with E-state index in [1.54, 1.807) is 0 Å². The molecule has 1 aliphatic rings. The fourth-order valence-corrected chi connectivity index (χ4v) is 1.74. The van der Waals surface area contributed by atoms with Gasteiger partial charge in [0.2, 0.25) is 0 Å². The molecule has 0 aromatic heterocycles. The Morgan fingerprint density at radius 2 is 2.00 bits per heavy atom. The van der Waals surface area contributed by atoms with Gasteiger partial charge in [-0.1, -0.05) is 13.3 Å². The lowest BCUT2D eigenvalue weighted by molar-refractivity contribution is -0.260. The zero-order valence-electron chi connectivity index (χ0n) is 8.71. The second kappa shape index (κ2) is 4.94. The summed E-state index contributed by atoms with van der Waals surface area (Å²) in [6.45, 7) is 5.73. The van der Waals surface area contributed by atoms with Gasteiger partial charge >= 0.3 is 0 Å². The minimum atomic E-state index is -0.424. The molecule has 13 heavy (non-hydrogen) atoms. The van der Waals surface area contributed by atoms with Crippen LogP contribution in [0.3, 0.4) is 0 Å². The molecule has 3 heteroatoms. The molecule has 0 amide bonds. The molecule has 3 nitrogen and oxygen atoms in total. The molecule has 0 aromatic rings. The number of hydrogen-bond acceptors (Lipinski definition) is 3. The second-order valence-corrected chi connectivity index (χ2v) is 3.94. The van der Waals surface area contributed by atoms with Crippen molar-refractivity contribution in [3.05, 3.63) is 0 Å². The van der Waals surface area contributed by atoms with Crippen molar-refractivity contribution in [1.29, 1.82) is 0 Å². The van der Waals surface area contributed by atoms with Crippen molar-refractivity contribution >= 4 is 0 Å². The summed E-state index contributed by atoms with van der Waals surface area (Å²) < 4.78 is 11.2. The number of ether oxygens (including phenoxy) is 2. The van der Waals surface area contributed by atoms with Crippen LogP contribution in [0.5, 0.6) is 0 Å². The molecule has 0 radical (unpaired) electrons. The highest BCUT2D eigenvalue weighted by atomic mass is 16.7. The van der Waals surface area contributed by atoms with Gasteiger partial charge in [0.1, 0.15) is 0 Å². The molecule has 0 bridgehead atoms. The molecule has 2 N–H and O–H groups in total. The van der Waals surface area contributed by atoms with E-state index in [1.165, 1.54) is 0 Å². The molecular weight excluding hydrogens is 166 g/mol. The van der Waals surface area contributed by atoms with Crippen LogP contribution in [0.4, 0.5) is 0 Å². The van der Waals surface area contributed by atoms with Crippen LogP contribution in [0.15, 0.2) is 0 Å². The van der Waals surface area contributed by atoms with E-state index in [0.717, 1.165) is 38.9 Å². The normalized spacial score (nSPS) is 24.2. The van der Waals surface area contributed by atoms with Gasteiger partial charge in [0.15, 0.2) is 5.79 Å². The Morgan fingerprint density at radius 3 is 2.54 bits per heavy atom. The highest BCUT2D eigenvalue weighted by Gasteiger charge is 2.30. The van der Waals surface area contributed by atoms with Crippen molar-refractivity contribution in [2.45, 2.75) is 51.4 Å². The van der Waals surface area contributed by atoms with Crippen molar-refractivity contribution in [2.75, 3.05) is 13.2 Å². The largest absolute Gasteiger partial charge is 0.350 e. The van der Waals surface area contributed by atoms with Crippen LogP contribution in [0.1, 0.15) is 39.5 Å². The molecule has 1 saturated heterocycles. The Hall–Kier alpha value is -0.120. The lowest BCUT2D eigenvalue weighted by Gasteiger charge is -2.35. The van der Waals surface area contributed by atoms with Crippen LogP contribution in [-0.2, 0) is 9.47 Å². The van der Waals surface area contributed by atoms with Crippen molar-refractivity contribution < 1.29 is 9.47 Å². The molecular formula is C10H21NO2. The first-order chi connectivity index (χ1) is 6.16. The van der Waals surface area contributed by atoms with Crippen LogP contribution >= 0.6 is 0 Å². The standard InChI is InChI=1S/C10H21NO2/c1-3-5-9(11)8-10(2)12-6-4-7-13-10/h9H,3-8,11H2,1-2H3/t9-/m0/s1. The molecule has 0 spiro atoms. The van der Waals surface area contributed by atoms with Gasteiger partial charge in [0.25, 0.3) is 0 Å². The Labute approximate surface area is 80.6 Å². The predicted molar refractivity (Wildman–Crippen MR) is 52.4 cm³/mol. The van der Waals surface area contributed by atoms with Crippen molar-refractivity contribution in [3.63, 3.8) is 0 Å². The Bertz CT molecular complexity index is 144. The maximum Gasteiger partial charge on any atom is 0.166 e. The molecule has 0 aromatic carbocycles. The number of hydrogen-bond donors (Lipinski definition) is 1. The van der Waals surface area contributed by atoms with Crippen LogP contribution in [0.2, 0.25) is 0 Å². The van der Waals surface area contributed by atoms with E-state index in [1.807, 2.05) is 6.92 Å². The van der Waals surface area contributed by atoms with Crippen LogP contribution in [0, 0.1) is 0 Å². The first-order valence-corrected chi connectivity index (χ1v) is 5.20. The minimum Gasteiger partial charge on any atom is -0.350 e. The van der Waals surface area contributed by atoms with E-state index in [4.69, 9.17) is 15.2 Å². The molecule has 78 valence electrons. The lowest BCUT2D eigenvalue weighted by atomic mass is 10.0. The number of nitrogens with two attached hydrogens (primary N) is 1. The zero-order chi connectivity index (χ0) is 9.73. The van der Waals surface area contributed by atoms with Gasteiger partial charge in [-0.3, -0.25) is 0 Å². The van der Waals surface area contributed by atoms with Gasteiger partial charge in [-0.25, -0.2) is 0 Å². The molecule has 1 aliphatic heterocycles. The van der Waals surface area contributed by atoms with Crippen LogP contribution in [-0.4, -0.2) is 25.0 Å². The summed E-state index contributed by atoms with van der Waals surface area (Å²) in [5.74, 6) is -0.424. The monoisotopic (exact) mass is 187 g/mol. The van der Waals surface area contributed by atoms with Gasteiger partial charge in [-0.05, 0) is 19.8 Å². The predicted octanol–water partition coefficient (Wildman–Crippen LogP) is 1.66. The fraction of sp³-hybridized carbons (Fsp3) is 1.00. The highest BCUT2D eigenvalue weighted by molar-refractivity contribution is 4.74. The Balaban J connectivity index is 2.31. The Morgan fingerprint density at radius 1 is 1.38 bits per heavy atom. The van der Waals surface area contributed by atoms with Crippen molar-refractivity contribution in [2.24, 2.45) is 5.73 Å². The molecule has 1 heterocycles. The van der Waals surface area contributed by atoms with Gasteiger partial charge in [-0.15, -0.1) is 0 Å². The van der Waals surface area contributed by atoms with Crippen molar-refractivity contribution in [1.82, 2.24) is 0 Å². The third-order valence-corrected chi connectivity index (χ3v) is 2.40. The van der Waals surface area contributed by atoms with Gasteiger partial charge in [-0.2, -0.15) is 0 Å². The van der Waals surface area contributed by atoms with Crippen LogP contribution in [0.25, 0.3) is 0 Å². The zero-order valence-corrected chi connectivity index (χ0v) is 8.71. The van der Waals surface area contributed by atoms with E-state index in [-0.39, 0.29) is 6.04 Å². The summed E-state index contributed by atoms with van der Waals surface area (Å²) in [7, 11) is 0. The van der Waals surface area contributed by atoms with E-state index in [9.17, 15) is 0 Å². The third-order valence-electron chi connectivity index (χ3n) is 2.40. The number of rotatable bonds is 4. The average Bonchev–Trinajstić information content (AvgIpc) is 2.04. The van der Waals surface area contributed by atoms with Gasteiger partial charge in [0, 0.05) is 12.5 Å². The maximum absolute atomic E-state index is 5.94. The van der Waals surface area contributed by atoms with E-state index in [0.29, 0.717) is 0 Å². The molecule has 1 rings (SSSR count). The lowest BCUT2D eigenvalue weighted by Crippen LogP contribution is -2.42. The molecule has 0 unspecified atom stereocenters. The third kappa shape index (κ3) is 3.63. The maximum atomic E-state index is 5.94. The highest BCUT2D eigenvalue weighted by Crippen LogP contribution is 2.24. The molecule has 0 aliphatic carbocycles. The second-order valence-electron chi connectivity index (χ2n) is 3.94. The molecule has 1 atom stereocenters. The van der Waals surface area contributed by atoms with Crippen LogP contribution < -0.4 is 5.73 Å². The topological polar surface area (TPSA) is 44.5 Å². The van der Waals surface area contributed by atoms with Gasteiger partial charge < -0.3 is 15.2 Å². The summed E-state index contributed by atoms with van der Waals surface area (Å²) in [6.07, 6.45) is 3.97. The van der Waals surface area contributed by atoms with E-state index < -0.39 is 5.79 Å². The summed E-state index contributed by atoms with van der Waals surface area (Å²) in [5.41, 5.74) is 5.94. The Kier molecular flexibility index (Phi) is 4.16. The first kappa shape index (κ1) is 11.0. The smallest absolute Gasteiger partial charge is 0.166 e. The quantitative estimate of drug-likeness (QED) is 0.728.